The summed E-state index contributed by atoms with van der Waals surface area (Å²) in [5.74, 6) is -0.587. The van der Waals surface area contributed by atoms with Gasteiger partial charge < -0.3 is 9.63 Å². The summed E-state index contributed by atoms with van der Waals surface area (Å²) in [6.07, 6.45) is 1.25. The second-order valence-corrected chi connectivity index (χ2v) is 7.51. The lowest BCUT2D eigenvalue weighted by Crippen LogP contribution is -2.29. The van der Waals surface area contributed by atoms with E-state index in [0.29, 0.717) is 11.4 Å². The molecule has 1 heterocycles. The first-order valence-corrected chi connectivity index (χ1v) is 10.1. The van der Waals surface area contributed by atoms with Crippen molar-refractivity contribution in [3.8, 4) is 22.8 Å². The van der Waals surface area contributed by atoms with Crippen LogP contribution in [0.15, 0.2) is 64.0 Å². The molecule has 0 aliphatic carbocycles. The number of carboxylic acid groups (broad SMARTS) is 1. The smallest absolute Gasteiger partial charge is 0.318 e. The van der Waals surface area contributed by atoms with Gasteiger partial charge in [-0.25, -0.2) is 8.42 Å². The van der Waals surface area contributed by atoms with Crippen LogP contribution in [-0.2, 0) is 14.8 Å². The molecule has 0 atom stereocenters. The second-order valence-electron chi connectivity index (χ2n) is 5.74. The van der Waals surface area contributed by atoms with Crippen molar-refractivity contribution >= 4 is 16.0 Å². The highest BCUT2D eigenvalue weighted by Crippen LogP contribution is 2.23. The van der Waals surface area contributed by atoms with Gasteiger partial charge in [0.05, 0.1) is 4.90 Å². The number of carboxylic acids is 1. The van der Waals surface area contributed by atoms with E-state index in [1.165, 1.54) is 30.7 Å². The molecular weight excluding hydrogens is 382 g/mol. The van der Waals surface area contributed by atoms with Gasteiger partial charge in [-0.15, -0.1) is 0 Å². The van der Waals surface area contributed by atoms with Crippen molar-refractivity contribution in [1.82, 2.24) is 14.9 Å². The summed E-state index contributed by atoms with van der Waals surface area (Å²) >= 11 is 0. The van der Waals surface area contributed by atoms with E-state index < -0.39 is 22.5 Å². The Hall–Kier alpha value is -3.04. The number of aliphatic carboxylic acids is 1. The Morgan fingerprint density at radius 3 is 2.21 bits per heavy atom. The van der Waals surface area contributed by atoms with Crippen LogP contribution >= 0.6 is 0 Å². The van der Waals surface area contributed by atoms with Crippen LogP contribution in [0, 0.1) is 0 Å². The molecule has 0 radical (unpaired) electrons. The van der Waals surface area contributed by atoms with Crippen molar-refractivity contribution in [3.05, 3.63) is 54.6 Å². The molecule has 0 aliphatic rings. The van der Waals surface area contributed by atoms with E-state index >= 15 is 0 Å². The topological polar surface area (TPSA) is 122 Å². The average Bonchev–Trinajstić information content (AvgIpc) is 3.18. The lowest BCUT2D eigenvalue weighted by atomic mass is 10.2. The highest BCUT2D eigenvalue weighted by atomic mass is 32.2. The fourth-order valence-electron chi connectivity index (χ4n) is 2.06. The summed E-state index contributed by atoms with van der Waals surface area (Å²) in [7, 11) is -3.89. The number of carbonyl (C=O) groups is 1. The second kappa shape index (κ2) is 9.77. The quantitative estimate of drug-likeness (QED) is 0.648. The highest BCUT2D eigenvalue weighted by molar-refractivity contribution is 7.89. The predicted octanol–water partition coefficient (Wildman–Crippen LogP) is 3.18. The van der Waals surface area contributed by atoms with Crippen molar-refractivity contribution in [2.75, 3.05) is 6.54 Å². The normalized spacial score (nSPS) is 10.8. The van der Waals surface area contributed by atoms with E-state index in [1.807, 2.05) is 35.1 Å². The molecule has 0 bridgehead atoms. The van der Waals surface area contributed by atoms with Crippen molar-refractivity contribution < 1.29 is 22.8 Å². The van der Waals surface area contributed by atoms with Gasteiger partial charge in [0.2, 0.25) is 15.8 Å². The molecule has 2 aromatic carbocycles. The first-order valence-electron chi connectivity index (χ1n) is 8.58. The predicted molar refractivity (Wildman–Crippen MR) is 104 cm³/mol. The van der Waals surface area contributed by atoms with Crippen LogP contribution in [0.25, 0.3) is 22.8 Å². The van der Waals surface area contributed by atoms with E-state index in [0.717, 1.165) is 5.56 Å². The minimum atomic E-state index is -3.89. The number of nitrogens with one attached hydrogen (secondary N) is 1. The fraction of sp³-hybridized carbons (Fsp3) is 0.211. The van der Waals surface area contributed by atoms with Crippen molar-refractivity contribution in [2.45, 2.75) is 25.2 Å². The van der Waals surface area contributed by atoms with E-state index in [-0.39, 0.29) is 10.8 Å². The van der Waals surface area contributed by atoms with E-state index in [4.69, 9.17) is 9.63 Å². The molecule has 0 unspecified atom stereocenters. The van der Waals surface area contributed by atoms with Gasteiger partial charge in [0.15, 0.2) is 0 Å². The number of sulfonamides is 1. The first kappa shape index (κ1) is 21.3. The third kappa shape index (κ3) is 5.73. The molecule has 0 aliphatic heterocycles. The minimum absolute atomic E-state index is 0.0553. The molecule has 1 aromatic heterocycles. The number of hydrogen-bond acceptors (Lipinski definition) is 6. The minimum Gasteiger partial charge on any atom is -0.480 e. The summed E-state index contributed by atoms with van der Waals surface area (Å²) in [5.41, 5.74) is 1.35. The van der Waals surface area contributed by atoms with E-state index in [9.17, 15) is 13.2 Å². The van der Waals surface area contributed by atoms with E-state index in [1.54, 1.807) is 0 Å². The van der Waals surface area contributed by atoms with Gasteiger partial charge in [0, 0.05) is 11.1 Å². The fourth-order valence-corrected chi connectivity index (χ4v) is 3.04. The Morgan fingerprint density at radius 1 is 1.04 bits per heavy atom. The van der Waals surface area contributed by atoms with Gasteiger partial charge in [-0.2, -0.15) is 9.71 Å². The number of hydrogen-bond donors (Lipinski definition) is 2. The van der Waals surface area contributed by atoms with Crippen LogP contribution < -0.4 is 4.72 Å². The molecule has 9 heteroatoms. The van der Waals surface area contributed by atoms with Gasteiger partial charge in [-0.05, 0) is 24.3 Å². The Labute approximate surface area is 163 Å². The Kier molecular flexibility index (Phi) is 7.42. The molecule has 28 heavy (non-hydrogen) atoms. The summed E-state index contributed by atoms with van der Waals surface area (Å²) in [6.45, 7) is 3.56. The first-order chi connectivity index (χ1) is 13.4. The number of rotatable bonds is 6. The summed E-state index contributed by atoms with van der Waals surface area (Å²) in [6, 6.07) is 15.0. The summed E-state index contributed by atoms with van der Waals surface area (Å²) in [4.78, 5) is 14.7. The molecule has 0 fully saturated rings. The van der Waals surface area contributed by atoms with Crippen molar-refractivity contribution in [3.63, 3.8) is 0 Å². The van der Waals surface area contributed by atoms with Crippen LogP contribution in [0.2, 0.25) is 0 Å². The zero-order valence-electron chi connectivity index (χ0n) is 15.5. The van der Waals surface area contributed by atoms with Gasteiger partial charge in [0.25, 0.3) is 5.89 Å². The molecule has 148 valence electrons. The molecule has 2 N–H and O–H groups in total. The zero-order valence-corrected chi connectivity index (χ0v) is 16.3. The van der Waals surface area contributed by atoms with Gasteiger partial charge in [-0.1, -0.05) is 55.8 Å². The molecule has 0 saturated heterocycles. The Morgan fingerprint density at radius 2 is 1.64 bits per heavy atom. The summed E-state index contributed by atoms with van der Waals surface area (Å²) < 4.78 is 31.1. The maximum Gasteiger partial charge on any atom is 0.318 e. The van der Waals surface area contributed by atoms with Crippen LogP contribution in [-0.4, -0.2) is 36.2 Å². The zero-order chi connectivity index (χ0) is 20.6. The molecule has 0 spiro atoms. The highest BCUT2D eigenvalue weighted by Gasteiger charge is 2.16. The van der Waals surface area contributed by atoms with Gasteiger partial charge in [-0.3, -0.25) is 4.79 Å². The largest absolute Gasteiger partial charge is 0.480 e. The third-order valence-electron chi connectivity index (χ3n) is 3.28. The number of nitrogens with zero attached hydrogens (tertiary/aromatic N) is 2. The molecule has 0 amide bonds. The van der Waals surface area contributed by atoms with Crippen molar-refractivity contribution in [2.24, 2.45) is 0 Å². The van der Waals surface area contributed by atoms with E-state index in [2.05, 4.69) is 24.0 Å². The summed E-state index contributed by atoms with van der Waals surface area (Å²) in [5, 5.41) is 12.5. The molecule has 0 saturated carbocycles. The Balaban J connectivity index is 0.000000878. The standard InChI is InChI=1S/C16H13N3O5S.C3H8/c20-14(21)10-17-25(22,23)13-8-6-12(7-9-13)16-18-15(19-24-16)11-4-2-1-3-5-11;1-3-2/h1-9,17H,10H2,(H,20,21);3H2,1-2H3. The van der Waals surface area contributed by atoms with Crippen LogP contribution in [0.3, 0.4) is 0 Å². The van der Waals surface area contributed by atoms with Crippen LogP contribution in [0.4, 0.5) is 0 Å². The lowest BCUT2D eigenvalue weighted by Gasteiger charge is -2.04. The number of benzene rings is 2. The Bertz CT molecular complexity index is 1000. The van der Waals surface area contributed by atoms with Crippen LogP contribution in [0.5, 0.6) is 0 Å². The molecule has 3 aromatic rings. The maximum atomic E-state index is 11.9. The number of aromatic nitrogens is 2. The van der Waals surface area contributed by atoms with Crippen molar-refractivity contribution in [1.29, 1.82) is 0 Å². The van der Waals surface area contributed by atoms with Crippen LogP contribution in [0.1, 0.15) is 20.3 Å². The molecule has 3 rings (SSSR count). The maximum absolute atomic E-state index is 11.9. The molecular formula is C19H21N3O5S. The molecule has 8 nitrogen and oxygen atoms in total. The lowest BCUT2D eigenvalue weighted by molar-refractivity contribution is -0.135. The average molecular weight is 403 g/mol. The van der Waals surface area contributed by atoms with Gasteiger partial charge in [0.1, 0.15) is 6.54 Å². The SMILES string of the molecule is CCC.O=C(O)CNS(=O)(=O)c1ccc(-c2nc(-c3ccccc3)no2)cc1. The van der Waals surface area contributed by atoms with Gasteiger partial charge >= 0.3 is 5.97 Å². The monoisotopic (exact) mass is 403 g/mol. The third-order valence-corrected chi connectivity index (χ3v) is 4.70.